The number of fused-ring (bicyclic) bond motifs is 2. The molecule has 4 aliphatic rings. The summed E-state index contributed by atoms with van der Waals surface area (Å²) in [5, 5.41) is 11.2. The molecular formula is C17H14N4O. The molecule has 0 aromatic carbocycles. The van der Waals surface area contributed by atoms with E-state index < -0.39 is 0 Å². The molecule has 0 radical (unpaired) electrons. The molecule has 5 nitrogen and oxygen atoms in total. The normalized spacial score (nSPS) is 22.5. The molecule has 108 valence electrons. The van der Waals surface area contributed by atoms with Crippen LogP contribution in [-0.2, 0) is 10.2 Å². The fourth-order valence-corrected chi connectivity index (χ4v) is 3.23. The minimum absolute atomic E-state index is 0.00939. The van der Waals surface area contributed by atoms with Gasteiger partial charge in [0.05, 0.1) is 5.71 Å². The second-order valence-corrected chi connectivity index (χ2v) is 6.31. The smallest absolute Gasteiger partial charge is 0.272 e. The Bertz CT molecular complexity index is 825. The zero-order chi connectivity index (χ0) is 14.7. The Labute approximate surface area is 127 Å². The van der Waals surface area contributed by atoms with Crippen LogP contribution < -0.4 is 5.32 Å². The van der Waals surface area contributed by atoms with Crippen molar-refractivity contribution < 1.29 is 4.79 Å². The van der Waals surface area contributed by atoms with Crippen molar-refractivity contribution in [1.82, 2.24) is 10.3 Å². The van der Waals surface area contributed by atoms with E-state index in [9.17, 15) is 4.79 Å². The monoisotopic (exact) mass is 290 g/mol. The first-order chi connectivity index (χ1) is 10.8. The average molecular weight is 290 g/mol. The fourth-order valence-electron chi connectivity index (χ4n) is 3.23. The Morgan fingerprint density at radius 3 is 2.95 bits per heavy atom. The SMILES string of the molecule is O=C(NCC1(c2ccccn2)CC1)C1=NN=C2C1=CC1=C2C1. The van der Waals surface area contributed by atoms with E-state index in [1.54, 1.807) is 0 Å². The molecule has 5 heteroatoms. The predicted octanol–water partition coefficient (Wildman–Crippen LogP) is 1.68. The van der Waals surface area contributed by atoms with Crippen molar-refractivity contribution in [3.63, 3.8) is 0 Å². The molecule has 3 aliphatic carbocycles. The molecule has 0 bridgehead atoms. The van der Waals surface area contributed by atoms with Gasteiger partial charge in [-0.05, 0) is 42.2 Å². The van der Waals surface area contributed by atoms with E-state index in [-0.39, 0.29) is 11.3 Å². The van der Waals surface area contributed by atoms with E-state index in [2.05, 4.69) is 20.5 Å². The first kappa shape index (κ1) is 12.0. The molecule has 1 aromatic heterocycles. The van der Waals surface area contributed by atoms with Crippen LogP contribution in [0.4, 0.5) is 0 Å². The van der Waals surface area contributed by atoms with Crippen LogP contribution in [0, 0.1) is 0 Å². The molecule has 1 fully saturated rings. The summed E-state index contributed by atoms with van der Waals surface area (Å²) in [6.45, 7) is 0.609. The van der Waals surface area contributed by atoms with Gasteiger partial charge in [-0.25, -0.2) is 0 Å². The van der Waals surface area contributed by atoms with Gasteiger partial charge in [-0.15, -0.1) is 10.2 Å². The van der Waals surface area contributed by atoms with Gasteiger partial charge in [0, 0.05) is 35.8 Å². The van der Waals surface area contributed by atoms with Crippen LogP contribution in [0.3, 0.4) is 0 Å². The molecule has 5 rings (SSSR count). The van der Waals surface area contributed by atoms with Gasteiger partial charge in [0.1, 0.15) is 0 Å². The van der Waals surface area contributed by atoms with E-state index in [0.717, 1.165) is 36.2 Å². The number of rotatable bonds is 4. The van der Waals surface area contributed by atoms with Gasteiger partial charge in [0.2, 0.25) is 0 Å². The first-order valence-corrected chi connectivity index (χ1v) is 7.57. The van der Waals surface area contributed by atoms with Gasteiger partial charge in [-0.1, -0.05) is 6.07 Å². The number of carbonyl (C=O) groups excluding carboxylic acids is 1. The van der Waals surface area contributed by atoms with Gasteiger partial charge in [0.25, 0.3) is 5.91 Å². The second-order valence-electron chi connectivity index (χ2n) is 6.31. The lowest BCUT2D eigenvalue weighted by Crippen LogP contribution is -2.37. The van der Waals surface area contributed by atoms with Crippen molar-refractivity contribution in [2.24, 2.45) is 10.2 Å². The Morgan fingerprint density at radius 1 is 1.27 bits per heavy atom. The highest BCUT2D eigenvalue weighted by molar-refractivity contribution is 6.56. The molecule has 0 saturated heterocycles. The maximum Gasteiger partial charge on any atom is 0.272 e. The topological polar surface area (TPSA) is 66.7 Å². The van der Waals surface area contributed by atoms with Gasteiger partial charge < -0.3 is 5.32 Å². The van der Waals surface area contributed by atoms with Crippen molar-refractivity contribution in [3.8, 4) is 0 Å². The highest BCUT2D eigenvalue weighted by Gasteiger charge is 2.46. The number of allylic oxidation sites excluding steroid dienone is 3. The summed E-state index contributed by atoms with van der Waals surface area (Å²) in [6.07, 6.45) is 7.00. The molecule has 1 aliphatic heterocycles. The summed E-state index contributed by atoms with van der Waals surface area (Å²) < 4.78 is 0. The minimum Gasteiger partial charge on any atom is -0.350 e. The largest absolute Gasteiger partial charge is 0.350 e. The molecule has 0 atom stereocenters. The number of pyridine rings is 1. The van der Waals surface area contributed by atoms with E-state index in [4.69, 9.17) is 0 Å². The van der Waals surface area contributed by atoms with Crippen molar-refractivity contribution >= 4 is 17.3 Å². The van der Waals surface area contributed by atoms with Crippen molar-refractivity contribution in [2.75, 3.05) is 6.54 Å². The Morgan fingerprint density at radius 2 is 2.18 bits per heavy atom. The minimum atomic E-state index is -0.130. The van der Waals surface area contributed by atoms with Crippen molar-refractivity contribution in [2.45, 2.75) is 24.7 Å². The number of hydrogen-bond donors (Lipinski definition) is 1. The third kappa shape index (κ3) is 1.65. The van der Waals surface area contributed by atoms with Gasteiger partial charge in [0.15, 0.2) is 5.71 Å². The Balaban J connectivity index is 1.28. The second kappa shape index (κ2) is 4.00. The summed E-state index contributed by atoms with van der Waals surface area (Å²) >= 11 is 0. The van der Waals surface area contributed by atoms with Crippen LogP contribution in [0.15, 0.2) is 57.4 Å². The van der Waals surface area contributed by atoms with Gasteiger partial charge in [-0.2, -0.15) is 0 Å². The lowest BCUT2D eigenvalue weighted by atomic mass is 10.0. The van der Waals surface area contributed by atoms with Crippen molar-refractivity contribution in [3.05, 3.63) is 52.9 Å². The van der Waals surface area contributed by atoms with Gasteiger partial charge >= 0.3 is 0 Å². The summed E-state index contributed by atoms with van der Waals surface area (Å²) in [5.41, 5.74) is 5.90. The number of aromatic nitrogens is 1. The number of amides is 1. The van der Waals surface area contributed by atoms with Gasteiger partial charge in [-0.3, -0.25) is 9.78 Å². The quantitative estimate of drug-likeness (QED) is 0.916. The Hall–Kier alpha value is -2.56. The molecular weight excluding hydrogens is 276 g/mol. The van der Waals surface area contributed by atoms with E-state index >= 15 is 0 Å². The lowest BCUT2D eigenvalue weighted by molar-refractivity contribution is -0.114. The maximum atomic E-state index is 12.4. The maximum absolute atomic E-state index is 12.4. The van der Waals surface area contributed by atoms with Crippen LogP contribution in [0.25, 0.3) is 0 Å². The molecule has 1 N–H and O–H groups in total. The summed E-state index contributed by atoms with van der Waals surface area (Å²) in [7, 11) is 0. The molecule has 0 unspecified atom stereocenters. The third-order valence-electron chi connectivity index (χ3n) is 4.86. The van der Waals surface area contributed by atoms with E-state index in [1.165, 1.54) is 11.1 Å². The fraction of sp³-hybridized carbons (Fsp3) is 0.294. The molecule has 0 spiro atoms. The Kier molecular flexibility index (Phi) is 2.19. The van der Waals surface area contributed by atoms with Crippen LogP contribution >= 0.6 is 0 Å². The molecule has 1 saturated carbocycles. The number of nitrogens with zero attached hydrogens (tertiary/aromatic N) is 3. The van der Waals surface area contributed by atoms with Crippen LogP contribution in [-0.4, -0.2) is 28.9 Å². The zero-order valence-electron chi connectivity index (χ0n) is 12.0. The molecule has 1 amide bonds. The standard InChI is InChI=1S/C17H14N4O/c22-16(15-12-8-10-7-11(10)14(12)20-21-15)19-9-17(4-5-17)13-3-1-2-6-18-13/h1-3,6,8H,4-5,7,9H2,(H,19,22). The molecule has 22 heavy (non-hydrogen) atoms. The van der Waals surface area contributed by atoms with Crippen LogP contribution in [0.5, 0.6) is 0 Å². The summed E-state index contributed by atoms with van der Waals surface area (Å²) in [6, 6.07) is 5.95. The van der Waals surface area contributed by atoms with E-state index in [1.807, 2.05) is 30.5 Å². The van der Waals surface area contributed by atoms with Crippen molar-refractivity contribution in [1.29, 1.82) is 0 Å². The van der Waals surface area contributed by atoms with E-state index in [0.29, 0.717) is 12.3 Å². The molecule has 1 aromatic rings. The highest BCUT2D eigenvalue weighted by Crippen LogP contribution is 2.47. The molecule has 2 heterocycles. The predicted molar refractivity (Wildman–Crippen MR) is 82.8 cm³/mol. The first-order valence-electron chi connectivity index (χ1n) is 7.57. The zero-order valence-corrected chi connectivity index (χ0v) is 12.0. The average Bonchev–Trinajstić information content (AvgIpc) is 3.43. The third-order valence-corrected chi connectivity index (χ3v) is 4.86. The number of hydrogen-bond acceptors (Lipinski definition) is 4. The summed E-state index contributed by atoms with van der Waals surface area (Å²) in [4.78, 5) is 16.9. The van der Waals surface area contributed by atoms with Crippen LogP contribution in [0.2, 0.25) is 0 Å². The summed E-state index contributed by atoms with van der Waals surface area (Å²) in [5.74, 6) is -0.130. The number of nitrogens with one attached hydrogen (secondary N) is 1. The highest BCUT2D eigenvalue weighted by atomic mass is 16.2. The van der Waals surface area contributed by atoms with Crippen LogP contribution in [0.1, 0.15) is 25.0 Å². The number of carbonyl (C=O) groups is 1. The lowest BCUT2D eigenvalue weighted by Gasteiger charge is -2.15.